The third kappa shape index (κ3) is 2.76. The van der Waals surface area contributed by atoms with Crippen LogP contribution in [0.1, 0.15) is 23.7 Å². The van der Waals surface area contributed by atoms with Gasteiger partial charge in [-0.3, -0.25) is 0 Å². The van der Waals surface area contributed by atoms with Crippen molar-refractivity contribution < 1.29 is 4.74 Å². The van der Waals surface area contributed by atoms with Crippen LogP contribution in [0.5, 0.6) is 5.75 Å². The summed E-state index contributed by atoms with van der Waals surface area (Å²) in [7, 11) is 0. The van der Waals surface area contributed by atoms with Crippen molar-refractivity contribution in [2.75, 3.05) is 13.2 Å². The second-order valence-electron chi connectivity index (χ2n) is 5.06. The van der Waals surface area contributed by atoms with Crippen LogP contribution in [0.4, 0.5) is 0 Å². The van der Waals surface area contributed by atoms with Gasteiger partial charge in [-0.05, 0) is 36.4 Å². The molecule has 0 saturated carbocycles. The van der Waals surface area contributed by atoms with Crippen LogP contribution in [0.2, 0.25) is 0 Å². The summed E-state index contributed by atoms with van der Waals surface area (Å²) in [5.41, 5.74) is 3.87. The highest BCUT2D eigenvalue weighted by molar-refractivity contribution is 9.10. The van der Waals surface area contributed by atoms with Gasteiger partial charge >= 0.3 is 0 Å². The zero-order valence-corrected chi connectivity index (χ0v) is 13.2. The summed E-state index contributed by atoms with van der Waals surface area (Å²) in [5, 5.41) is 3.38. The molecule has 1 aromatic heterocycles. The van der Waals surface area contributed by atoms with Crippen molar-refractivity contribution in [1.82, 2.24) is 9.88 Å². The molecule has 0 radical (unpaired) electrons. The Morgan fingerprint density at radius 2 is 2.30 bits per heavy atom. The second-order valence-corrected chi connectivity index (χ2v) is 5.98. The van der Waals surface area contributed by atoms with Gasteiger partial charge in [0.2, 0.25) is 0 Å². The second kappa shape index (κ2) is 6.02. The topological polar surface area (TPSA) is 26.2 Å². The van der Waals surface area contributed by atoms with Crippen molar-refractivity contribution in [3.8, 4) is 5.75 Å². The van der Waals surface area contributed by atoms with Crippen LogP contribution in [0.25, 0.3) is 0 Å². The molecule has 2 aromatic rings. The number of nitrogens with zero attached hydrogens (tertiary/aromatic N) is 1. The molecule has 0 fully saturated rings. The lowest BCUT2D eigenvalue weighted by Crippen LogP contribution is -2.15. The fourth-order valence-electron chi connectivity index (χ4n) is 2.66. The first-order chi connectivity index (χ1) is 9.78. The molecule has 0 saturated heterocycles. The van der Waals surface area contributed by atoms with E-state index in [0.717, 1.165) is 42.9 Å². The molecule has 3 nitrogen and oxygen atoms in total. The van der Waals surface area contributed by atoms with Crippen LogP contribution in [0, 0.1) is 0 Å². The Labute approximate surface area is 128 Å². The van der Waals surface area contributed by atoms with E-state index in [2.05, 4.69) is 63.2 Å². The molecule has 1 N–H and O–H groups in total. The van der Waals surface area contributed by atoms with E-state index in [4.69, 9.17) is 4.74 Å². The number of hydrogen-bond acceptors (Lipinski definition) is 2. The van der Waals surface area contributed by atoms with Crippen LogP contribution in [0.15, 0.2) is 34.9 Å². The van der Waals surface area contributed by atoms with E-state index in [9.17, 15) is 0 Å². The van der Waals surface area contributed by atoms with E-state index in [1.807, 2.05) is 0 Å². The molecular weight excluding hydrogens is 316 g/mol. The van der Waals surface area contributed by atoms with Crippen LogP contribution < -0.4 is 10.1 Å². The van der Waals surface area contributed by atoms with E-state index in [1.165, 1.54) is 16.8 Å². The monoisotopic (exact) mass is 334 g/mol. The minimum Gasteiger partial charge on any atom is -0.493 e. The number of aromatic nitrogens is 1. The van der Waals surface area contributed by atoms with Gasteiger partial charge in [-0.2, -0.15) is 0 Å². The minimum atomic E-state index is 0.800. The molecule has 0 atom stereocenters. The van der Waals surface area contributed by atoms with Crippen molar-refractivity contribution in [2.45, 2.75) is 26.4 Å². The Hall–Kier alpha value is -1.26. The number of rotatable bonds is 5. The van der Waals surface area contributed by atoms with Gasteiger partial charge in [0.05, 0.1) is 13.2 Å². The number of nitrogens with one attached hydrogen (secondary N) is 1. The quantitative estimate of drug-likeness (QED) is 0.907. The van der Waals surface area contributed by atoms with Crippen molar-refractivity contribution in [2.24, 2.45) is 0 Å². The number of halogens is 1. The highest BCUT2D eigenvalue weighted by Gasteiger charge is 2.18. The summed E-state index contributed by atoms with van der Waals surface area (Å²) in [5.74, 6) is 1.08. The Balaban J connectivity index is 1.87. The van der Waals surface area contributed by atoms with Gasteiger partial charge < -0.3 is 14.6 Å². The number of fused-ring (bicyclic) bond motifs is 1. The fraction of sp³-hybridized carbons (Fsp3) is 0.375. The molecule has 4 heteroatoms. The van der Waals surface area contributed by atoms with Gasteiger partial charge in [0.1, 0.15) is 5.75 Å². The predicted molar refractivity (Wildman–Crippen MR) is 84.3 cm³/mol. The Kier molecular flexibility index (Phi) is 4.13. The first kappa shape index (κ1) is 13.7. The summed E-state index contributed by atoms with van der Waals surface area (Å²) in [4.78, 5) is 0. The van der Waals surface area contributed by atoms with Gasteiger partial charge in [0.25, 0.3) is 0 Å². The highest BCUT2D eigenvalue weighted by Crippen LogP contribution is 2.33. The molecule has 1 aromatic carbocycles. The molecule has 0 unspecified atom stereocenters. The van der Waals surface area contributed by atoms with Crippen molar-refractivity contribution in [3.63, 3.8) is 0 Å². The molecule has 0 bridgehead atoms. The Morgan fingerprint density at radius 1 is 1.40 bits per heavy atom. The summed E-state index contributed by atoms with van der Waals surface area (Å²) in [6, 6.07) is 8.61. The van der Waals surface area contributed by atoms with Gasteiger partial charge in [0, 0.05) is 34.9 Å². The maximum absolute atomic E-state index is 5.80. The van der Waals surface area contributed by atoms with Crippen molar-refractivity contribution in [3.05, 3.63) is 51.8 Å². The van der Waals surface area contributed by atoms with E-state index >= 15 is 0 Å². The van der Waals surface area contributed by atoms with Crippen LogP contribution in [0.3, 0.4) is 0 Å². The summed E-state index contributed by atoms with van der Waals surface area (Å²) >= 11 is 3.60. The van der Waals surface area contributed by atoms with E-state index in [1.54, 1.807) is 0 Å². The zero-order chi connectivity index (χ0) is 13.9. The van der Waals surface area contributed by atoms with E-state index in [-0.39, 0.29) is 0 Å². The van der Waals surface area contributed by atoms with Crippen molar-refractivity contribution >= 4 is 15.9 Å². The average Bonchev–Trinajstić information content (AvgIpc) is 3.05. The van der Waals surface area contributed by atoms with E-state index in [0.29, 0.717) is 0 Å². The van der Waals surface area contributed by atoms with Gasteiger partial charge in [0.15, 0.2) is 0 Å². The largest absolute Gasteiger partial charge is 0.493 e. The van der Waals surface area contributed by atoms with Gasteiger partial charge in [-0.15, -0.1) is 0 Å². The lowest BCUT2D eigenvalue weighted by molar-refractivity contribution is 0.352. The van der Waals surface area contributed by atoms with Gasteiger partial charge in [-0.25, -0.2) is 0 Å². The third-order valence-corrected chi connectivity index (χ3v) is 4.10. The Bertz CT molecular complexity index is 607. The number of hydrogen-bond donors (Lipinski definition) is 1. The predicted octanol–water partition coefficient (Wildman–Crippen LogP) is 3.34. The molecule has 0 amide bonds. The fourth-order valence-corrected chi connectivity index (χ4v) is 3.22. The summed E-state index contributed by atoms with van der Waals surface area (Å²) in [6.45, 7) is 5.67. The molecule has 0 aliphatic carbocycles. The number of benzene rings is 1. The third-order valence-electron chi connectivity index (χ3n) is 3.65. The van der Waals surface area contributed by atoms with Crippen LogP contribution >= 0.6 is 15.9 Å². The van der Waals surface area contributed by atoms with Crippen molar-refractivity contribution in [1.29, 1.82) is 0 Å². The first-order valence-electron chi connectivity index (χ1n) is 7.06. The average molecular weight is 335 g/mol. The zero-order valence-electron chi connectivity index (χ0n) is 11.7. The summed E-state index contributed by atoms with van der Waals surface area (Å²) < 4.78 is 9.22. The molecule has 3 rings (SSSR count). The molecule has 1 aliphatic heterocycles. The molecular formula is C16H19BrN2O. The molecule has 1 aliphatic rings. The standard InChI is InChI=1S/C16H19BrN2O/c1-2-18-10-15-4-3-6-19(15)11-13-9-14(17)8-12-5-7-20-16(12)13/h3-4,6,8-9,18H,2,5,7,10-11H2,1H3. The smallest absolute Gasteiger partial charge is 0.127 e. The number of ether oxygens (including phenoxy) is 1. The molecule has 20 heavy (non-hydrogen) atoms. The van der Waals surface area contributed by atoms with Crippen LogP contribution in [-0.2, 0) is 19.5 Å². The summed E-state index contributed by atoms with van der Waals surface area (Å²) in [6.07, 6.45) is 3.15. The lowest BCUT2D eigenvalue weighted by Gasteiger charge is -2.13. The van der Waals surface area contributed by atoms with E-state index < -0.39 is 0 Å². The minimum absolute atomic E-state index is 0.800. The molecule has 0 spiro atoms. The van der Waals surface area contributed by atoms with Gasteiger partial charge in [-0.1, -0.05) is 22.9 Å². The molecule has 2 heterocycles. The maximum Gasteiger partial charge on any atom is 0.127 e. The first-order valence-corrected chi connectivity index (χ1v) is 7.86. The molecule has 106 valence electrons. The SMILES string of the molecule is CCNCc1cccn1Cc1cc(Br)cc2c1OCC2. The lowest BCUT2D eigenvalue weighted by atomic mass is 10.1. The maximum atomic E-state index is 5.80. The Morgan fingerprint density at radius 3 is 3.15 bits per heavy atom. The van der Waals surface area contributed by atoms with Crippen LogP contribution in [-0.4, -0.2) is 17.7 Å². The normalized spacial score (nSPS) is 13.3. The highest BCUT2D eigenvalue weighted by atomic mass is 79.9.